The molecule has 0 aliphatic carbocycles. The molecule has 2 amide bonds. The van der Waals surface area contributed by atoms with Gasteiger partial charge in [-0.2, -0.15) is 0 Å². The Morgan fingerprint density at radius 1 is 1.32 bits per heavy atom. The fraction of sp³-hybridized carbons (Fsp3) is 0.435. The van der Waals surface area contributed by atoms with Crippen molar-refractivity contribution in [2.75, 3.05) is 13.2 Å². The Labute approximate surface area is 226 Å². The molecule has 3 atom stereocenters. The van der Waals surface area contributed by atoms with Crippen LogP contribution in [0.15, 0.2) is 23.1 Å². The minimum absolute atomic E-state index is 0.0499. The molecule has 0 spiro atoms. The standard InChI is InChI=1S/C23H28F3N4O6.Pb/c1-4-14(10-36-13(3)32)20(9-29(27)11-31)30-8-17(22(34)21(33)12(30)2)23(35)28-7-16-18(25)5-15(24)6-19(16)26;/h5-6,8,11,13-14,20,32-33H,3-4,7,9-10,27H2,1-2H3,(H,28,35);. The molecule has 0 saturated carbocycles. The van der Waals surface area contributed by atoms with Crippen LogP contribution in [0.1, 0.15) is 41.0 Å². The van der Waals surface area contributed by atoms with Gasteiger partial charge in [0.15, 0.2) is 0 Å². The van der Waals surface area contributed by atoms with Gasteiger partial charge in [-0.15, -0.1) is 0 Å². The Morgan fingerprint density at radius 2 is 1.95 bits per heavy atom. The number of nitrogens with one attached hydrogen (secondary N) is 1. The van der Waals surface area contributed by atoms with Gasteiger partial charge in [0, 0.05) is 17.7 Å². The molecule has 201 valence electrons. The molecule has 5 N–H and O–H groups in total. The fourth-order valence-corrected chi connectivity index (χ4v) is 4.20. The van der Waals surface area contributed by atoms with Crippen molar-refractivity contribution >= 4 is 38.1 Å². The van der Waals surface area contributed by atoms with Crippen molar-refractivity contribution in [3.05, 3.63) is 62.8 Å². The number of halogens is 3. The van der Waals surface area contributed by atoms with E-state index < -0.39 is 64.5 Å². The number of rotatable bonds is 13. The molecule has 1 aromatic carbocycles. The number of aromatic nitrogens is 1. The van der Waals surface area contributed by atoms with Crippen LogP contribution in [-0.4, -0.2) is 77.3 Å². The molecule has 0 bridgehead atoms. The number of benzene rings is 1. The average Bonchev–Trinajstić information content (AvgIpc) is 2.86. The first-order valence-electron chi connectivity index (χ1n) is 11.2. The molecule has 1 heterocycles. The molecule has 2 rings (SSSR count). The number of pyridine rings is 1. The number of aliphatic hydroxyl groups excluding tert-OH is 1. The van der Waals surface area contributed by atoms with E-state index in [0.717, 1.165) is 11.2 Å². The third kappa shape index (κ3) is 7.75. The summed E-state index contributed by atoms with van der Waals surface area (Å²) in [5.41, 5.74) is -2.11. The van der Waals surface area contributed by atoms with Crippen LogP contribution in [0.5, 0.6) is 5.75 Å². The number of aromatic hydroxyl groups is 1. The van der Waals surface area contributed by atoms with Crippen LogP contribution in [0, 0.1) is 30.3 Å². The summed E-state index contributed by atoms with van der Waals surface area (Å²) in [6.45, 7) is 2.51. The van der Waals surface area contributed by atoms with E-state index >= 15 is 0 Å². The predicted molar refractivity (Wildman–Crippen MR) is 127 cm³/mol. The maximum absolute atomic E-state index is 14.0. The van der Waals surface area contributed by atoms with Gasteiger partial charge in [-0.25, -0.2) is 13.2 Å². The molecule has 1 aromatic heterocycles. The van der Waals surface area contributed by atoms with Gasteiger partial charge in [0.25, 0.3) is 0 Å². The van der Waals surface area contributed by atoms with Gasteiger partial charge in [-0.05, 0) is 0 Å². The van der Waals surface area contributed by atoms with Crippen molar-refractivity contribution < 1.29 is 37.7 Å². The molecule has 2 aromatic rings. The molecule has 3 radical (unpaired) electrons. The van der Waals surface area contributed by atoms with Gasteiger partial charge >= 0.3 is 179 Å². The van der Waals surface area contributed by atoms with Crippen LogP contribution < -0.4 is 16.6 Å². The minimum atomic E-state index is -1.22. The van der Waals surface area contributed by atoms with E-state index in [0.29, 0.717) is 54.7 Å². The van der Waals surface area contributed by atoms with Crippen molar-refractivity contribution in [2.24, 2.45) is 11.8 Å². The number of hydrogen-bond donors (Lipinski definition) is 4. The number of carbonyl (C=O) groups excluding carboxylic acids is 2. The van der Waals surface area contributed by atoms with Gasteiger partial charge in [-0.3, -0.25) is 0 Å². The van der Waals surface area contributed by atoms with Crippen LogP contribution in [0.3, 0.4) is 0 Å². The van der Waals surface area contributed by atoms with E-state index in [-0.39, 0.29) is 24.8 Å². The van der Waals surface area contributed by atoms with Gasteiger partial charge in [0.05, 0.1) is 0 Å². The zero-order chi connectivity index (χ0) is 27.9. The number of nitrogens with two attached hydrogens (primary N) is 1. The van der Waals surface area contributed by atoms with Crippen LogP contribution in [0.4, 0.5) is 13.2 Å². The van der Waals surface area contributed by atoms with E-state index in [1.807, 2.05) is 6.92 Å². The van der Waals surface area contributed by atoms with E-state index in [4.69, 9.17) is 10.6 Å². The second-order valence-corrected chi connectivity index (χ2v) is 9.86. The van der Waals surface area contributed by atoms with E-state index in [1.165, 1.54) is 11.5 Å². The van der Waals surface area contributed by atoms with E-state index in [1.54, 1.807) is 0 Å². The predicted octanol–water partition coefficient (Wildman–Crippen LogP) is 1.03. The zero-order valence-electron chi connectivity index (χ0n) is 20.2. The Balaban J connectivity index is 2.47. The summed E-state index contributed by atoms with van der Waals surface area (Å²) in [5, 5.41) is 23.4. The molecule has 0 saturated heterocycles. The van der Waals surface area contributed by atoms with Crippen molar-refractivity contribution in [1.29, 1.82) is 0 Å². The normalized spacial score (nSPS) is 13.6. The van der Waals surface area contributed by atoms with Gasteiger partial charge in [0.2, 0.25) is 0 Å². The van der Waals surface area contributed by atoms with E-state index in [2.05, 4.69) is 5.32 Å². The van der Waals surface area contributed by atoms with Gasteiger partial charge in [0.1, 0.15) is 17.5 Å². The summed E-state index contributed by atoms with van der Waals surface area (Å²) in [7, 11) is 0. The second-order valence-electron chi connectivity index (χ2n) is 8.27. The molecular weight excluding hydrogens is 692 g/mol. The number of ether oxygens (including phenoxy) is 1. The van der Waals surface area contributed by atoms with Crippen LogP contribution >= 0.6 is 0 Å². The van der Waals surface area contributed by atoms with Crippen molar-refractivity contribution in [1.82, 2.24) is 14.9 Å². The van der Waals surface area contributed by atoms with Crippen molar-refractivity contribution in [3.8, 4) is 5.75 Å². The average molecular weight is 721 g/mol. The van der Waals surface area contributed by atoms with Gasteiger partial charge in [-0.1, -0.05) is 0 Å². The van der Waals surface area contributed by atoms with Crippen molar-refractivity contribution in [2.45, 2.75) is 43.1 Å². The third-order valence-electron chi connectivity index (χ3n) is 5.87. The molecule has 37 heavy (non-hydrogen) atoms. The summed E-state index contributed by atoms with van der Waals surface area (Å²) < 4.78 is 48.4. The molecule has 14 heteroatoms. The zero-order valence-corrected chi connectivity index (χ0v) is 24.1. The Kier molecular flexibility index (Phi) is 11.5. The van der Waals surface area contributed by atoms with Crippen LogP contribution in [-0.2, 0) is 16.1 Å². The Hall–Kier alpha value is -2.50. The summed E-state index contributed by atoms with van der Waals surface area (Å²) in [6.07, 6.45) is 1.03. The van der Waals surface area contributed by atoms with Crippen LogP contribution in [0.25, 0.3) is 0 Å². The quantitative estimate of drug-likeness (QED) is 0.0604. The van der Waals surface area contributed by atoms with Crippen LogP contribution in [0.2, 0.25) is 3.98 Å². The fourth-order valence-electron chi connectivity index (χ4n) is 3.74. The summed E-state index contributed by atoms with van der Waals surface area (Å²) in [6, 6.07) is 0.207. The molecule has 0 fully saturated rings. The topological polar surface area (TPSA) is 147 Å². The Morgan fingerprint density at radius 3 is 2.49 bits per heavy atom. The number of nitrogens with zero attached hydrogens (tertiary/aromatic N) is 2. The van der Waals surface area contributed by atoms with Gasteiger partial charge < -0.3 is 0 Å². The molecule has 0 aliphatic heterocycles. The number of amides is 2. The number of hydrazine groups is 1. The number of carbonyl (C=O) groups is 2. The number of hydrogen-bond acceptors (Lipinski definition) is 7. The monoisotopic (exact) mass is 721 g/mol. The number of aliphatic hydroxyl groups is 1. The molecule has 10 nitrogen and oxygen atoms in total. The summed E-state index contributed by atoms with van der Waals surface area (Å²) in [4.78, 5) is 36.8. The first-order chi connectivity index (χ1) is 17.4. The first-order valence-corrected chi connectivity index (χ1v) is 14.0. The summed E-state index contributed by atoms with van der Waals surface area (Å²) in [5.74, 6) is -0.0319. The Bertz CT molecular complexity index is 1160. The molecular formula is C23H28F3N4O6Pb. The second kappa shape index (κ2) is 13.9. The molecule has 0 aliphatic rings. The van der Waals surface area contributed by atoms with Crippen molar-refractivity contribution in [3.63, 3.8) is 0 Å². The first kappa shape index (κ1) is 30.7. The summed E-state index contributed by atoms with van der Waals surface area (Å²) >= 11 is 0.704. The SMILES string of the molecule is CCC(COC(O)[CH2][Pb])C(CN(N)C=O)n1cc(C(=O)NCc2c(F)cc(F)cc2F)c(=O)c(O)c1C. The van der Waals surface area contributed by atoms with E-state index in [9.17, 15) is 37.8 Å². The third-order valence-corrected chi connectivity index (χ3v) is 7.23. The molecule has 3 unspecified atom stereocenters. The maximum atomic E-state index is 14.0.